The van der Waals surface area contributed by atoms with Crippen LogP contribution in [0.2, 0.25) is 0 Å². The predicted octanol–water partition coefficient (Wildman–Crippen LogP) is 3.86. The molecule has 1 aliphatic heterocycles. The van der Waals surface area contributed by atoms with E-state index in [2.05, 4.69) is 57.6 Å². The van der Waals surface area contributed by atoms with Gasteiger partial charge in [0.15, 0.2) is 0 Å². The van der Waals surface area contributed by atoms with E-state index in [1.165, 1.54) is 11.1 Å². The molecule has 0 spiro atoms. The van der Waals surface area contributed by atoms with Crippen molar-refractivity contribution in [3.05, 3.63) is 53.0 Å². The van der Waals surface area contributed by atoms with Crippen molar-refractivity contribution >= 4 is 15.9 Å². The Balaban J connectivity index is 1.81. The van der Waals surface area contributed by atoms with Crippen LogP contribution >= 0.6 is 15.9 Å². The second-order valence-corrected chi connectivity index (χ2v) is 5.60. The second-order valence-electron chi connectivity index (χ2n) is 4.74. The van der Waals surface area contributed by atoms with E-state index in [4.69, 9.17) is 4.74 Å². The minimum atomic E-state index is 0.291. The number of hydrogen-bond acceptors (Lipinski definition) is 2. The number of hydrogen-bond donors (Lipinski definition) is 1. The Morgan fingerprint density at radius 2 is 1.89 bits per heavy atom. The number of ether oxygens (including phenoxy) is 1. The summed E-state index contributed by atoms with van der Waals surface area (Å²) in [6.07, 6.45) is 1.37. The summed E-state index contributed by atoms with van der Waals surface area (Å²) < 4.78 is 7.00. The fourth-order valence-corrected chi connectivity index (χ4v) is 2.79. The van der Waals surface area contributed by atoms with E-state index in [1.54, 1.807) is 0 Å². The van der Waals surface area contributed by atoms with Gasteiger partial charge in [0.25, 0.3) is 0 Å². The normalized spacial score (nSPS) is 18.5. The van der Waals surface area contributed by atoms with Gasteiger partial charge in [-0.15, -0.1) is 0 Å². The van der Waals surface area contributed by atoms with E-state index in [9.17, 15) is 0 Å². The molecule has 0 radical (unpaired) electrons. The van der Waals surface area contributed by atoms with E-state index in [0.717, 1.165) is 29.7 Å². The highest BCUT2D eigenvalue weighted by Gasteiger charge is 2.17. The third kappa shape index (κ3) is 2.99. The van der Waals surface area contributed by atoms with Crippen LogP contribution in [0.3, 0.4) is 0 Å². The van der Waals surface area contributed by atoms with E-state index in [-0.39, 0.29) is 0 Å². The highest BCUT2D eigenvalue weighted by molar-refractivity contribution is 9.10. The largest absolute Gasteiger partial charge is 0.488 e. The number of rotatable bonds is 3. The van der Waals surface area contributed by atoms with Gasteiger partial charge in [0.1, 0.15) is 11.9 Å². The molecule has 2 aromatic rings. The lowest BCUT2D eigenvalue weighted by Gasteiger charge is -2.14. The molecule has 1 atom stereocenters. The first-order valence-electron chi connectivity index (χ1n) is 6.55. The molecule has 19 heavy (non-hydrogen) atoms. The van der Waals surface area contributed by atoms with Crippen LogP contribution in [0.5, 0.6) is 5.75 Å². The van der Waals surface area contributed by atoms with Crippen molar-refractivity contribution < 1.29 is 4.74 Å². The van der Waals surface area contributed by atoms with Crippen molar-refractivity contribution in [1.82, 2.24) is 5.32 Å². The number of nitrogens with one attached hydrogen (secondary N) is 1. The monoisotopic (exact) mass is 317 g/mol. The Bertz CT molecular complexity index is 550. The van der Waals surface area contributed by atoms with E-state index in [1.807, 2.05) is 12.1 Å². The Kier molecular flexibility index (Phi) is 3.85. The molecule has 2 nitrogen and oxygen atoms in total. The van der Waals surface area contributed by atoms with Gasteiger partial charge >= 0.3 is 0 Å². The smallest absolute Gasteiger partial charge is 0.134 e. The SMILES string of the molecule is Brc1cc(-c2ccccc2)ccc1O[C@@H]1CCNC1. The van der Waals surface area contributed by atoms with E-state index >= 15 is 0 Å². The van der Waals surface area contributed by atoms with Crippen molar-refractivity contribution in [3.63, 3.8) is 0 Å². The van der Waals surface area contributed by atoms with E-state index in [0.29, 0.717) is 6.10 Å². The third-order valence-corrected chi connectivity index (χ3v) is 3.97. The maximum atomic E-state index is 5.99. The summed E-state index contributed by atoms with van der Waals surface area (Å²) in [6, 6.07) is 16.6. The van der Waals surface area contributed by atoms with Gasteiger partial charge in [0.05, 0.1) is 4.47 Å². The summed E-state index contributed by atoms with van der Waals surface area (Å²) in [6.45, 7) is 1.98. The highest BCUT2D eigenvalue weighted by Crippen LogP contribution is 2.31. The molecular formula is C16H16BrNO. The molecule has 0 bridgehead atoms. The van der Waals surface area contributed by atoms with Crippen LogP contribution < -0.4 is 10.1 Å². The summed E-state index contributed by atoms with van der Waals surface area (Å²) >= 11 is 3.61. The lowest BCUT2D eigenvalue weighted by Crippen LogP contribution is -2.19. The highest BCUT2D eigenvalue weighted by atomic mass is 79.9. The Hall–Kier alpha value is -1.32. The zero-order valence-electron chi connectivity index (χ0n) is 10.6. The van der Waals surface area contributed by atoms with Crippen molar-refractivity contribution in [2.45, 2.75) is 12.5 Å². The summed E-state index contributed by atoms with van der Waals surface area (Å²) in [7, 11) is 0. The molecule has 3 rings (SSSR count). The van der Waals surface area contributed by atoms with Gasteiger partial charge < -0.3 is 10.1 Å². The summed E-state index contributed by atoms with van der Waals surface area (Å²) in [5, 5.41) is 3.31. The van der Waals surface area contributed by atoms with Gasteiger partial charge in [-0.05, 0) is 52.2 Å². The maximum Gasteiger partial charge on any atom is 0.134 e. The van der Waals surface area contributed by atoms with Crippen molar-refractivity contribution in [2.75, 3.05) is 13.1 Å². The Morgan fingerprint density at radius 1 is 1.05 bits per heavy atom. The first kappa shape index (κ1) is 12.7. The van der Waals surface area contributed by atoms with Gasteiger partial charge in [-0.1, -0.05) is 36.4 Å². The van der Waals surface area contributed by atoms with Crippen molar-refractivity contribution in [3.8, 4) is 16.9 Å². The maximum absolute atomic E-state index is 5.99. The van der Waals surface area contributed by atoms with Crippen LogP contribution in [0, 0.1) is 0 Å². The minimum absolute atomic E-state index is 0.291. The molecule has 0 aliphatic carbocycles. The molecule has 1 fully saturated rings. The second kappa shape index (κ2) is 5.76. The molecular weight excluding hydrogens is 302 g/mol. The Morgan fingerprint density at radius 3 is 2.58 bits per heavy atom. The van der Waals surface area contributed by atoms with Gasteiger partial charge in [-0.2, -0.15) is 0 Å². The molecule has 1 heterocycles. The molecule has 2 aromatic carbocycles. The topological polar surface area (TPSA) is 21.3 Å². The van der Waals surface area contributed by atoms with Crippen LogP contribution in [0.1, 0.15) is 6.42 Å². The molecule has 1 saturated heterocycles. The summed E-state index contributed by atoms with van der Waals surface area (Å²) in [4.78, 5) is 0. The quantitative estimate of drug-likeness (QED) is 0.928. The lowest BCUT2D eigenvalue weighted by molar-refractivity contribution is 0.221. The van der Waals surface area contributed by atoms with Gasteiger partial charge in [0, 0.05) is 6.54 Å². The number of benzene rings is 2. The zero-order chi connectivity index (χ0) is 13.1. The minimum Gasteiger partial charge on any atom is -0.488 e. The lowest BCUT2D eigenvalue weighted by atomic mass is 10.1. The molecule has 0 aromatic heterocycles. The molecule has 0 unspecified atom stereocenters. The fourth-order valence-electron chi connectivity index (χ4n) is 2.31. The van der Waals surface area contributed by atoms with Gasteiger partial charge in [0.2, 0.25) is 0 Å². The molecule has 3 heteroatoms. The van der Waals surface area contributed by atoms with Gasteiger partial charge in [-0.25, -0.2) is 0 Å². The zero-order valence-corrected chi connectivity index (χ0v) is 12.2. The molecule has 1 N–H and O–H groups in total. The van der Waals surface area contributed by atoms with Crippen LogP contribution in [-0.2, 0) is 0 Å². The van der Waals surface area contributed by atoms with Crippen LogP contribution in [0.15, 0.2) is 53.0 Å². The first-order chi connectivity index (χ1) is 9.33. The molecule has 98 valence electrons. The fraction of sp³-hybridized carbons (Fsp3) is 0.250. The van der Waals surface area contributed by atoms with Crippen LogP contribution in [-0.4, -0.2) is 19.2 Å². The third-order valence-electron chi connectivity index (χ3n) is 3.35. The Labute approximate surface area is 121 Å². The average Bonchev–Trinajstić information content (AvgIpc) is 2.95. The van der Waals surface area contributed by atoms with Crippen molar-refractivity contribution in [2.24, 2.45) is 0 Å². The van der Waals surface area contributed by atoms with Crippen LogP contribution in [0.25, 0.3) is 11.1 Å². The standard InChI is InChI=1S/C16H16BrNO/c17-15-10-13(12-4-2-1-3-5-12)6-7-16(15)19-14-8-9-18-11-14/h1-7,10,14,18H,8-9,11H2/t14-/m1/s1. The van der Waals surface area contributed by atoms with Crippen molar-refractivity contribution in [1.29, 1.82) is 0 Å². The molecule has 1 aliphatic rings. The summed E-state index contributed by atoms with van der Waals surface area (Å²) in [5.74, 6) is 0.924. The predicted molar refractivity (Wildman–Crippen MR) is 81.5 cm³/mol. The summed E-state index contributed by atoms with van der Waals surface area (Å²) in [5.41, 5.74) is 2.42. The average molecular weight is 318 g/mol. The number of halogens is 1. The molecule has 0 saturated carbocycles. The van der Waals surface area contributed by atoms with Gasteiger partial charge in [-0.3, -0.25) is 0 Å². The van der Waals surface area contributed by atoms with E-state index < -0.39 is 0 Å². The molecule has 0 amide bonds. The first-order valence-corrected chi connectivity index (χ1v) is 7.34. The van der Waals surface area contributed by atoms with Crippen LogP contribution in [0.4, 0.5) is 0 Å².